The first-order valence-corrected chi connectivity index (χ1v) is 7.26. The van der Waals surface area contributed by atoms with E-state index in [1.807, 2.05) is 0 Å². The normalized spacial score (nSPS) is 29.9. The van der Waals surface area contributed by atoms with Crippen molar-refractivity contribution >= 4 is 0 Å². The zero-order valence-electron chi connectivity index (χ0n) is 11.5. The van der Waals surface area contributed by atoms with Gasteiger partial charge in [0, 0.05) is 6.42 Å². The second-order valence-electron chi connectivity index (χ2n) is 5.82. The minimum absolute atomic E-state index is 0.116. The smallest absolute Gasteiger partial charge is 0.126 e. The van der Waals surface area contributed by atoms with Crippen LogP contribution in [0.5, 0.6) is 5.75 Å². The molecule has 1 aliphatic carbocycles. The van der Waals surface area contributed by atoms with E-state index in [0.29, 0.717) is 12.7 Å². The summed E-state index contributed by atoms with van der Waals surface area (Å²) in [4.78, 5) is 0. The lowest BCUT2D eigenvalue weighted by atomic mass is 9.95. The van der Waals surface area contributed by atoms with E-state index in [4.69, 9.17) is 9.47 Å². The minimum atomic E-state index is -0.116. The van der Waals surface area contributed by atoms with Crippen molar-refractivity contribution in [3.05, 3.63) is 29.3 Å². The Morgan fingerprint density at radius 3 is 2.84 bits per heavy atom. The number of benzene rings is 1. The molecule has 1 aliphatic heterocycles. The van der Waals surface area contributed by atoms with Gasteiger partial charge in [0.15, 0.2) is 0 Å². The summed E-state index contributed by atoms with van der Waals surface area (Å²) in [5.41, 5.74) is 2.58. The summed E-state index contributed by atoms with van der Waals surface area (Å²) in [6.45, 7) is 2.77. The van der Waals surface area contributed by atoms with Crippen LogP contribution >= 0.6 is 0 Å². The quantitative estimate of drug-likeness (QED) is 0.910. The molecule has 0 bridgehead atoms. The van der Waals surface area contributed by atoms with Crippen LogP contribution in [-0.4, -0.2) is 30.0 Å². The van der Waals surface area contributed by atoms with E-state index in [1.165, 1.54) is 11.1 Å². The molecule has 0 saturated heterocycles. The first-order chi connectivity index (χ1) is 9.20. The average Bonchev–Trinajstić information content (AvgIpc) is 2.80. The number of hydrogen-bond acceptors (Lipinski definition) is 3. The highest BCUT2D eigenvalue weighted by Crippen LogP contribution is 2.30. The zero-order valence-corrected chi connectivity index (χ0v) is 11.5. The fourth-order valence-electron chi connectivity index (χ4n) is 3.00. The Balaban J connectivity index is 1.48. The van der Waals surface area contributed by atoms with Crippen LogP contribution in [0.15, 0.2) is 18.2 Å². The Hall–Kier alpha value is -1.06. The number of fused-ring (bicyclic) bond motifs is 1. The maximum Gasteiger partial charge on any atom is 0.126 e. The van der Waals surface area contributed by atoms with Crippen LogP contribution in [0.2, 0.25) is 0 Å². The molecule has 1 N–H and O–H groups in total. The third-order valence-electron chi connectivity index (χ3n) is 4.12. The topological polar surface area (TPSA) is 38.7 Å². The molecular formula is C16H22O3. The van der Waals surface area contributed by atoms with Gasteiger partial charge in [-0.15, -0.1) is 0 Å². The highest BCUT2D eigenvalue weighted by molar-refractivity contribution is 5.40. The van der Waals surface area contributed by atoms with Crippen molar-refractivity contribution in [1.29, 1.82) is 0 Å². The highest BCUT2D eigenvalue weighted by Gasteiger charge is 2.25. The van der Waals surface area contributed by atoms with Crippen LogP contribution in [0, 0.1) is 6.92 Å². The molecule has 0 amide bonds. The molecule has 3 rings (SSSR count). The lowest BCUT2D eigenvalue weighted by Crippen LogP contribution is -2.29. The Kier molecular flexibility index (Phi) is 3.76. The maximum absolute atomic E-state index is 9.47. The monoisotopic (exact) mass is 262 g/mol. The van der Waals surface area contributed by atoms with Crippen molar-refractivity contribution in [2.75, 3.05) is 6.61 Å². The molecule has 1 unspecified atom stereocenters. The van der Waals surface area contributed by atoms with Crippen LogP contribution in [0.1, 0.15) is 36.8 Å². The summed E-state index contributed by atoms with van der Waals surface area (Å²) in [5, 5.41) is 9.47. The number of rotatable bonds is 3. The Bertz CT molecular complexity index is 436. The van der Waals surface area contributed by atoms with Crippen LogP contribution in [-0.2, 0) is 11.2 Å². The Labute approximate surface area is 114 Å². The molecule has 1 atom stereocenters. The van der Waals surface area contributed by atoms with Gasteiger partial charge in [-0.2, -0.15) is 0 Å². The summed E-state index contributed by atoms with van der Waals surface area (Å²) in [6.07, 6.45) is 4.98. The lowest BCUT2D eigenvalue weighted by Gasteiger charge is -2.26. The standard InChI is InChI=1S/C16H22O3/c1-11-2-7-16-12(8-11)9-15(19-16)10-18-14-5-3-13(17)4-6-14/h2,7-8,13-15,17H,3-6,9-10H2,1H3. The van der Waals surface area contributed by atoms with Gasteiger partial charge in [-0.1, -0.05) is 17.7 Å². The van der Waals surface area contributed by atoms with Gasteiger partial charge in [-0.25, -0.2) is 0 Å². The minimum Gasteiger partial charge on any atom is -0.487 e. The van der Waals surface area contributed by atoms with Crippen LogP contribution in [0.4, 0.5) is 0 Å². The summed E-state index contributed by atoms with van der Waals surface area (Å²) in [6, 6.07) is 6.35. The summed E-state index contributed by atoms with van der Waals surface area (Å²) in [7, 11) is 0. The zero-order chi connectivity index (χ0) is 13.2. The molecule has 0 spiro atoms. The van der Waals surface area contributed by atoms with Crippen LogP contribution in [0.25, 0.3) is 0 Å². The first kappa shape index (κ1) is 12.9. The van der Waals surface area contributed by atoms with E-state index >= 15 is 0 Å². The largest absolute Gasteiger partial charge is 0.487 e. The van der Waals surface area contributed by atoms with Gasteiger partial charge in [0.1, 0.15) is 11.9 Å². The van der Waals surface area contributed by atoms with Gasteiger partial charge in [0.25, 0.3) is 0 Å². The van der Waals surface area contributed by atoms with Gasteiger partial charge >= 0.3 is 0 Å². The molecule has 104 valence electrons. The molecule has 3 nitrogen and oxygen atoms in total. The molecule has 3 heteroatoms. The average molecular weight is 262 g/mol. The van der Waals surface area contributed by atoms with Crippen molar-refractivity contribution in [1.82, 2.24) is 0 Å². The highest BCUT2D eigenvalue weighted by atomic mass is 16.5. The second-order valence-corrected chi connectivity index (χ2v) is 5.82. The van der Waals surface area contributed by atoms with Crippen molar-refractivity contribution in [3.63, 3.8) is 0 Å². The van der Waals surface area contributed by atoms with Gasteiger partial charge in [0.2, 0.25) is 0 Å². The van der Waals surface area contributed by atoms with Crippen LogP contribution < -0.4 is 4.74 Å². The van der Waals surface area contributed by atoms with Crippen molar-refractivity contribution in [2.45, 2.75) is 57.3 Å². The van der Waals surface area contributed by atoms with Crippen molar-refractivity contribution < 1.29 is 14.6 Å². The van der Waals surface area contributed by atoms with Crippen molar-refractivity contribution in [3.8, 4) is 5.75 Å². The molecule has 1 saturated carbocycles. The fourth-order valence-corrected chi connectivity index (χ4v) is 3.00. The SMILES string of the molecule is Cc1ccc2c(c1)CC(COC1CCC(O)CC1)O2. The summed E-state index contributed by atoms with van der Waals surface area (Å²) >= 11 is 0. The number of aliphatic hydroxyl groups excluding tert-OH is 1. The molecule has 0 aromatic heterocycles. The Morgan fingerprint density at radius 2 is 2.05 bits per heavy atom. The molecule has 1 heterocycles. The predicted molar refractivity (Wildman–Crippen MR) is 73.5 cm³/mol. The molecule has 19 heavy (non-hydrogen) atoms. The van der Waals surface area contributed by atoms with Gasteiger partial charge in [-0.3, -0.25) is 0 Å². The lowest BCUT2D eigenvalue weighted by molar-refractivity contribution is -0.0296. The van der Waals surface area contributed by atoms with Gasteiger partial charge < -0.3 is 14.6 Å². The van der Waals surface area contributed by atoms with Crippen molar-refractivity contribution in [2.24, 2.45) is 0 Å². The molecule has 1 aromatic rings. The maximum atomic E-state index is 9.47. The molecular weight excluding hydrogens is 240 g/mol. The van der Waals surface area contributed by atoms with Crippen LogP contribution in [0.3, 0.4) is 0 Å². The number of aryl methyl sites for hydroxylation is 1. The van der Waals surface area contributed by atoms with E-state index in [1.54, 1.807) is 0 Å². The van der Waals surface area contributed by atoms with E-state index in [-0.39, 0.29) is 12.2 Å². The third kappa shape index (κ3) is 3.10. The number of aliphatic hydroxyl groups is 1. The summed E-state index contributed by atoms with van der Waals surface area (Å²) < 4.78 is 11.8. The third-order valence-corrected chi connectivity index (χ3v) is 4.12. The molecule has 1 fully saturated rings. The second kappa shape index (κ2) is 5.51. The Morgan fingerprint density at radius 1 is 1.26 bits per heavy atom. The van der Waals surface area contributed by atoms with E-state index in [2.05, 4.69) is 25.1 Å². The molecule has 2 aliphatic rings. The summed E-state index contributed by atoms with van der Waals surface area (Å²) in [5.74, 6) is 1.01. The van der Waals surface area contributed by atoms with E-state index in [9.17, 15) is 5.11 Å². The molecule has 0 radical (unpaired) electrons. The van der Waals surface area contributed by atoms with Gasteiger partial charge in [-0.05, 0) is 44.2 Å². The van der Waals surface area contributed by atoms with E-state index in [0.717, 1.165) is 37.9 Å². The number of ether oxygens (including phenoxy) is 2. The fraction of sp³-hybridized carbons (Fsp3) is 0.625. The first-order valence-electron chi connectivity index (χ1n) is 7.26. The predicted octanol–water partition coefficient (Wildman–Crippen LogP) is 2.62. The van der Waals surface area contributed by atoms with Gasteiger partial charge in [0.05, 0.1) is 18.8 Å². The van der Waals surface area contributed by atoms with E-state index < -0.39 is 0 Å². The number of hydrogen-bond donors (Lipinski definition) is 1. The molecule has 1 aromatic carbocycles.